The molecule has 1 aromatic heterocycles. The number of ether oxygens (including phenoxy) is 2. The van der Waals surface area contributed by atoms with Gasteiger partial charge in [0.1, 0.15) is 11.4 Å². The predicted octanol–water partition coefficient (Wildman–Crippen LogP) is 3.32. The Morgan fingerprint density at radius 1 is 0.933 bits per heavy atom. The maximum atomic E-state index is 14.0. The quantitative estimate of drug-likeness (QED) is 0.497. The Balaban J connectivity index is 1.99. The minimum atomic E-state index is -4.14. The van der Waals surface area contributed by atoms with Crippen molar-refractivity contribution in [2.24, 2.45) is 0 Å². The molecule has 3 aromatic rings. The first-order valence-electron chi connectivity index (χ1n) is 9.10. The van der Waals surface area contributed by atoms with Gasteiger partial charge in [0.2, 0.25) is 5.79 Å². The third-order valence-electron chi connectivity index (χ3n) is 5.19. The number of hydrogen-bond acceptors (Lipinski definition) is 5. The van der Waals surface area contributed by atoms with Gasteiger partial charge >= 0.3 is 0 Å². The van der Waals surface area contributed by atoms with Crippen LogP contribution < -0.4 is 0 Å². The van der Waals surface area contributed by atoms with Gasteiger partial charge in [-0.2, -0.15) is 0 Å². The van der Waals surface area contributed by atoms with Crippen LogP contribution in [0.15, 0.2) is 83.8 Å². The van der Waals surface area contributed by atoms with E-state index in [-0.39, 0.29) is 16.1 Å². The summed E-state index contributed by atoms with van der Waals surface area (Å²) in [7, 11) is -1.24. The highest BCUT2D eigenvalue weighted by Crippen LogP contribution is 2.37. The lowest BCUT2D eigenvalue weighted by atomic mass is 9.92. The second-order valence-electron chi connectivity index (χ2n) is 6.94. The Bertz CT molecular complexity index is 1240. The van der Waals surface area contributed by atoms with E-state index in [1.165, 1.54) is 68.9 Å². The van der Waals surface area contributed by atoms with E-state index in [9.17, 15) is 17.9 Å². The molecule has 1 aliphatic carbocycles. The molecule has 6 nitrogen and oxygen atoms in total. The number of halogens is 1. The van der Waals surface area contributed by atoms with Crippen molar-refractivity contribution in [2.75, 3.05) is 14.2 Å². The molecule has 2 aromatic carbocycles. The fourth-order valence-electron chi connectivity index (χ4n) is 3.51. The summed E-state index contributed by atoms with van der Waals surface area (Å²) < 4.78 is 52.6. The van der Waals surface area contributed by atoms with Crippen LogP contribution in [0.1, 0.15) is 5.69 Å². The number of methoxy groups -OCH3 is 2. The number of nitrogens with zero attached hydrogens (tertiary/aromatic N) is 1. The van der Waals surface area contributed by atoms with E-state index in [0.29, 0.717) is 5.39 Å². The number of aliphatic hydroxyl groups is 1. The van der Waals surface area contributed by atoms with Gasteiger partial charge in [-0.1, -0.05) is 18.2 Å². The van der Waals surface area contributed by atoms with Crippen molar-refractivity contribution in [2.45, 2.75) is 16.3 Å². The molecule has 0 saturated heterocycles. The highest BCUT2D eigenvalue weighted by atomic mass is 32.2. The monoisotopic (exact) mass is 429 g/mol. The lowest BCUT2D eigenvalue weighted by Gasteiger charge is -2.32. The highest BCUT2D eigenvalue weighted by Gasteiger charge is 2.38. The molecule has 0 saturated carbocycles. The van der Waals surface area contributed by atoms with E-state index in [4.69, 9.17) is 9.47 Å². The molecule has 30 heavy (non-hydrogen) atoms. The van der Waals surface area contributed by atoms with Crippen molar-refractivity contribution in [1.29, 1.82) is 0 Å². The van der Waals surface area contributed by atoms with Gasteiger partial charge in [0.15, 0.2) is 0 Å². The Hall–Kier alpha value is -2.78. The fourth-order valence-corrected chi connectivity index (χ4v) is 5.10. The summed E-state index contributed by atoms with van der Waals surface area (Å²) >= 11 is 0. The van der Waals surface area contributed by atoms with Gasteiger partial charge in [0, 0.05) is 19.6 Å². The van der Waals surface area contributed by atoms with Gasteiger partial charge < -0.3 is 14.6 Å². The number of aromatic nitrogens is 1. The average Bonchev–Trinajstić information content (AvgIpc) is 3.15. The maximum absolute atomic E-state index is 14.0. The number of hydrogen-bond donors (Lipinski definition) is 1. The maximum Gasteiger partial charge on any atom is 0.268 e. The smallest absolute Gasteiger partial charge is 0.268 e. The third-order valence-corrected chi connectivity index (χ3v) is 6.93. The van der Waals surface area contributed by atoms with Crippen molar-refractivity contribution >= 4 is 20.9 Å². The SMILES string of the molecule is COC1(OC)C=CC(O)(c2cc3ccc(F)cc3n2S(=O)(=O)c2ccccc2)C=C1. The molecule has 8 heteroatoms. The molecule has 0 aliphatic heterocycles. The summed E-state index contributed by atoms with van der Waals surface area (Å²) in [5.74, 6) is -1.76. The second kappa shape index (κ2) is 7.17. The first kappa shape index (κ1) is 20.5. The van der Waals surface area contributed by atoms with Crippen LogP contribution in [-0.4, -0.2) is 37.5 Å². The second-order valence-corrected chi connectivity index (χ2v) is 8.72. The molecule has 0 atom stereocenters. The van der Waals surface area contributed by atoms with Gasteiger partial charge in [0.25, 0.3) is 10.0 Å². The van der Waals surface area contributed by atoms with Crippen molar-refractivity contribution < 1.29 is 27.4 Å². The Morgan fingerprint density at radius 3 is 2.17 bits per heavy atom. The van der Waals surface area contributed by atoms with Crippen LogP contribution in [0.4, 0.5) is 4.39 Å². The molecule has 1 N–H and O–H groups in total. The summed E-state index contributed by atoms with van der Waals surface area (Å²) in [5, 5.41) is 11.8. The van der Waals surface area contributed by atoms with Crippen molar-refractivity contribution in [3.05, 3.63) is 90.4 Å². The van der Waals surface area contributed by atoms with Crippen LogP contribution in [0.3, 0.4) is 0 Å². The van der Waals surface area contributed by atoms with Crippen molar-refractivity contribution in [1.82, 2.24) is 3.97 Å². The largest absolute Gasteiger partial charge is 0.376 e. The molecule has 0 fully saturated rings. The molecule has 0 bridgehead atoms. The zero-order valence-corrected chi connectivity index (χ0v) is 17.1. The molecule has 156 valence electrons. The molecule has 4 rings (SSSR count). The van der Waals surface area contributed by atoms with E-state index in [0.717, 1.165) is 10.0 Å². The van der Waals surface area contributed by atoms with Crippen LogP contribution >= 0.6 is 0 Å². The zero-order valence-electron chi connectivity index (χ0n) is 16.3. The van der Waals surface area contributed by atoms with Crippen LogP contribution in [0.5, 0.6) is 0 Å². The predicted molar refractivity (Wildman–Crippen MR) is 110 cm³/mol. The number of fused-ring (bicyclic) bond motifs is 1. The first-order chi connectivity index (χ1) is 14.2. The van der Waals surface area contributed by atoms with E-state index in [1.807, 2.05) is 0 Å². The van der Waals surface area contributed by atoms with E-state index >= 15 is 0 Å². The molecule has 0 radical (unpaired) electrons. The number of rotatable bonds is 5. The van der Waals surface area contributed by atoms with E-state index < -0.39 is 27.2 Å². The lowest BCUT2D eigenvalue weighted by Crippen LogP contribution is -2.36. The molecular weight excluding hydrogens is 409 g/mol. The third kappa shape index (κ3) is 3.18. The van der Waals surface area contributed by atoms with Gasteiger partial charge in [-0.15, -0.1) is 0 Å². The lowest BCUT2D eigenvalue weighted by molar-refractivity contribution is -0.136. The van der Waals surface area contributed by atoms with Gasteiger partial charge in [-0.05, 0) is 60.7 Å². The molecule has 0 unspecified atom stereocenters. The van der Waals surface area contributed by atoms with Crippen LogP contribution in [-0.2, 0) is 25.1 Å². The molecule has 1 heterocycles. The Morgan fingerprint density at radius 2 is 1.57 bits per heavy atom. The normalized spacial score (nSPS) is 17.5. The summed E-state index contributed by atoms with van der Waals surface area (Å²) in [4.78, 5) is 0.0171. The average molecular weight is 429 g/mol. The van der Waals surface area contributed by atoms with Crippen LogP contribution in [0.2, 0.25) is 0 Å². The van der Waals surface area contributed by atoms with Gasteiger partial charge in [0.05, 0.1) is 16.1 Å². The molecule has 0 amide bonds. The zero-order chi connectivity index (χ0) is 21.6. The molecule has 0 spiro atoms. The summed E-state index contributed by atoms with van der Waals surface area (Å²) in [6.45, 7) is 0. The van der Waals surface area contributed by atoms with Crippen LogP contribution in [0, 0.1) is 5.82 Å². The molecular formula is C22H20FNO5S. The Labute approximate surface area is 173 Å². The van der Waals surface area contributed by atoms with Crippen molar-refractivity contribution in [3.8, 4) is 0 Å². The minimum Gasteiger partial charge on any atom is -0.376 e. The van der Waals surface area contributed by atoms with Crippen LogP contribution in [0.25, 0.3) is 10.9 Å². The molecule has 1 aliphatic rings. The van der Waals surface area contributed by atoms with E-state index in [2.05, 4.69) is 0 Å². The fraction of sp³-hybridized carbons (Fsp3) is 0.182. The van der Waals surface area contributed by atoms with Crippen molar-refractivity contribution in [3.63, 3.8) is 0 Å². The summed E-state index contributed by atoms with van der Waals surface area (Å²) in [6, 6.07) is 13.2. The van der Waals surface area contributed by atoms with Gasteiger partial charge in [-0.25, -0.2) is 16.8 Å². The highest BCUT2D eigenvalue weighted by molar-refractivity contribution is 7.90. The summed E-state index contributed by atoms with van der Waals surface area (Å²) in [6.07, 6.45) is 5.76. The van der Waals surface area contributed by atoms with Gasteiger partial charge in [-0.3, -0.25) is 0 Å². The number of benzene rings is 2. The topological polar surface area (TPSA) is 77.8 Å². The Kier molecular flexibility index (Phi) is 4.90. The standard InChI is InChI=1S/C22H20FNO5S/c1-28-22(29-2)12-10-21(25,11-13-22)20-14-16-8-9-17(23)15-19(16)24(20)30(26,27)18-6-4-3-5-7-18/h3-15,25H,1-2H3. The van der Waals surface area contributed by atoms with E-state index in [1.54, 1.807) is 18.2 Å². The summed E-state index contributed by atoms with van der Waals surface area (Å²) in [5.41, 5.74) is -1.63. The first-order valence-corrected chi connectivity index (χ1v) is 10.5. The minimum absolute atomic E-state index is 0.0171.